The number of alkyl halides is 3. The van der Waals surface area contributed by atoms with Crippen LogP contribution in [0.3, 0.4) is 0 Å². The topological polar surface area (TPSA) is 50.8 Å². The number of hydrogen-bond acceptors (Lipinski definition) is 3. The van der Waals surface area contributed by atoms with Crippen LogP contribution in [0.1, 0.15) is 26.3 Å². The smallest absolute Gasteiger partial charge is 0.279 e. The highest BCUT2D eigenvalue weighted by molar-refractivity contribution is 7.19. The third-order valence-electron chi connectivity index (χ3n) is 4.06. The second kappa shape index (κ2) is 8.18. The second-order valence-electron chi connectivity index (χ2n) is 6.05. The molecule has 1 amide bonds. The summed E-state index contributed by atoms with van der Waals surface area (Å²) in [6, 6.07) is 8.39. The number of terminal acetylenes is 1. The molecule has 0 atom stereocenters. The fraction of sp³-hybridized carbons (Fsp3) is 0.0476. The number of amides is 1. The maximum atomic E-state index is 13.8. The van der Waals surface area contributed by atoms with Crippen LogP contribution in [0, 0.1) is 24.0 Å². The lowest BCUT2D eigenvalue weighted by Crippen LogP contribution is -2.82. The zero-order chi connectivity index (χ0) is 22.1. The number of nitrogens with two attached hydrogens (primary N) is 1. The number of carbonyl (C=O) groups is 2. The Morgan fingerprint density at radius 3 is 2.23 bits per heavy atom. The molecule has 0 radical (unpaired) electrons. The largest absolute Gasteiger partial charge is 0.416 e. The van der Waals surface area contributed by atoms with Crippen molar-refractivity contribution in [2.75, 3.05) is 0 Å². The standard InChI is InChI=1S/C21H10F5NO2S/c1-2-16(28)13-10-17(27-20(29)18-14(22)7-4-8-15(18)23)30-19(13)11-5-3-6-12(9-11)21(24,25)26/h1,3-10H,(H,27,29)/p+1. The molecule has 3 aromatic rings. The first-order valence-corrected chi connectivity index (χ1v) is 9.09. The second-order valence-corrected chi connectivity index (χ2v) is 7.13. The summed E-state index contributed by atoms with van der Waals surface area (Å²) in [4.78, 5) is 24.5. The molecule has 3 nitrogen and oxygen atoms in total. The zero-order valence-corrected chi connectivity index (χ0v) is 15.7. The summed E-state index contributed by atoms with van der Waals surface area (Å²) in [6.07, 6.45) is 0.540. The van der Waals surface area contributed by atoms with E-state index in [1.165, 1.54) is 18.2 Å². The quantitative estimate of drug-likeness (QED) is 0.282. The third-order valence-corrected chi connectivity index (χ3v) is 5.19. The van der Waals surface area contributed by atoms with E-state index in [4.69, 9.17) is 6.42 Å². The van der Waals surface area contributed by atoms with Crippen molar-refractivity contribution >= 4 is 28.0 Å². The van der Waals surface area contributed by atoms with Crippen molar-refractivity contribution < 1.29 is 36.9 Å². The molecule has 0 unspecified atom stereocenters. The molecule has 2 N–H and O–H groups in total. The maximum Gasteiger partial charge on any atom is 0.416 e. The van der Waals surface area contributed by atoms with Crippen LogP contribution >= 0.6 is 11.3 Å². The Labute approximate surface area is 171 Å². The van der Waals surface area contributed by atoms with Gasteiger partial charge in [-0.1, -0.05) is 29.5 Å². The van der Waals surface area contributed by atoms with Crippen LogP contribution in [-0.2, 0) is 6.18 Å². The summed E-state index contributed by atoms with van der Waals surface area (Å²) >= 11 is 0.805. The fourth-order valence-electron chi connectivity index (χ4n) is 2.71. The lowest BCUT2D eigenvalue weighted by atomic mass is 10.0. The molecule has 1 aromatic heterocycles. The highest BCUT2D eigenvalue weighted by Crippen LogP contribution is 2.37. The molecule has 0 aliphatic heterocycles. The molecule has 3 rings (SSSR count). The molecule has 1 heterocycles. The maximum absolute atomic E-state index is 13.8. The number of halogens is 5. The average Bonchev–Trinajstić information content (AvgIpc) is 3.10. The van der Waals surface area contributed by atoms with E-state index >= 15 is 0 Å². The van der Waals surface area contributed by atoms with E-state index in [9.17, 15) is 31.5 Å². The van der Waals surface area contributed by atoms with Crippen molar-refractivity contribution in [3.05, 3.63) is 76.9 Å². The van der Waals surface area contributed by atoms with E-state index in [2.05, 4.69) is 0 Å². The number of carbonyl (C=O) groups excluding carboxylic acids is 2. The fourth-order valence-corrected chi connectivity index (χ4v) is 3.80. The number of hydrogen-bond donors (Lipinski definition) is 1. The first kappa shape index (κ1) is 21.4. The van der Waals surface area contributed by atoms with Gasteiger partial charge in [-0.3, -0.25) is 4.79 Å². The number of ketones is 1. The van der Waals surface area contributed by atoms with E-state index < -0.39 is 40.6 Å². The number of rotatable bonds is 4. The van der Waals surface area contributed by atoms with Crippen molar-refractivity contribution in [2.24, 2.45) is 0 Å². The molecule has 0 bridgehead atoms. The van der Waals surface area contributed by atoms with Gasteiger partial charge >= 0.3 is 12.1 Å². The number of primary amides is 1. The lowest BCUT2D eigenvalue weighted by Gasteiger charge is -2.08. The van der Waals surface area contributed by atoms with Crippen LogP contribution in [0.4, 0.5) is 27.0 Å². The van der Waals surface area contributed by atoms with Crippen LogP contribution in [0.25, 0.3) is 10.4 Å². The van der Waals surface area contributed by atoms with Gasteiger partial charge in [0.1, 0.15) is 11.6 Å². The van der Waals surface area contributed by atoms with Crippen LogP contribution in [-0.4, -0.2) is 11.7 Å². The van der Waals surface area contributed by atoms with Crippen LogP contribution in [0.15, 0.2) is 48.5 Å². The van der Waals surface area contributed by atoms with Gasteiger partial charge in [-0.15, -0.1) is 6.42 Å². The minimum absolute atomic E-state index is 0.0672. The van der Waals surface area contributed by atoms with Crippen molar-refractivity contribution in [1.82, 2.24) is 0 Å². The van der Waals surface area contributed by atoms with Crippen molar-refractivity contribution in [3.63, 3.8) is 0 Å². The van der Waals surface area contributed by atoms with Crippen LogP contribution in [0.2, 0.25) is 0 Å². The summed E-state index contributed by atoms with van der Waals surface area (Å²) in [5.74, 6) is -2.05. The summed E-state index contributed by atoms with van der Waals surface area (Å²) in [5.41, 5.74) is -1.73. The highest BCUT2D eigenvalue weighted by atomic mass is 32.1. The Hall–Kier alpha value is -3.35. The van der Waals surface area contributed by atoms with Gasteiger partial charge in [0.05, 0.1) is 16.0 Å². The van der Waals surface area contributed by atoms with Crippen molar-refractivity contribution in [2.45, 2.75) is 6.18 Å². The average molecular weight is 436 g/mol. The van der Waals surface area contributed by atoms with Crippen molar-refractivity contribution in [1.29, 1.82) is 0 Å². The van der Waals surface area contributed by atoms with E-state index in [-0.39, 0.29) is 21.0 Å². The third kappa shape index (κ3) is 4.30. The molecule has 0 aliphatic rings. The normalized spacial score (nSPS) is 11.2. The van der Waals surface area contributed by atoms with Gasteiger partial charge < -0.3 is 0 Å². The Morgan fingerprint density at radius 2 is 1.63 bits per heavy atom. The molecule has 9 heteroatoms. The molecule has 30 heavy (non-hydrogen) atoms. The zero-order valence-electron chi connectivity index (χ0n) is 14.9. The lowest BCUT2D eigenvalue weighted by molar-refractivity contribution is -0.459. The van der Waals surface area contributed by atoms with Gasteiger partial charge in [-0.05, 0) is 35.7 Å². The minimum Gasteiger partial charge on any atom is -0.279 e. The molecule has 2 aromatic carbocycles. The first-order chi connectivity index (χ1) is 14.1. The van der Waals surface area contributed by atoms with E-state index in [1.54, 1.807) is 0 Å². The van der Waals surface area contributed by atoms with Gasteiger partial charge in [0.2, 0.25) is 5.78 Å². The molecule has 152 valence electrons. The summed E-state index contributed by atoms with van der Waals surface area (Å²) < 4.78 is 66.8. The molecule has 0 aliphatic carbocycles. The minimum atomic E-state index is -4.60. The Balaban J connectivity index is 2.04. The van der Waals surface area contributed by atoms with Gasteiger partial charge in [-0.2, -0.15) is 13.2 Å². The molecule has 0 spiro atoms. The monoisotopic (exact) mass is 436 g/mol. The van der Waals surface area contributed by atoms with Gasteiger partial charge in [0.25, 0.3) is 0 Å². The molecule has 0 saturated heterocycles. The van der Waals surface area contributed by atoms with E-state index in [0.717, 1.165) is 47.0 Å². The Bertz CT molecular complexity index is 1170. The SMILES string of the molecule is C#CC(=O)c1cc([NH2+]C(=O)c2c(F)cccc2F)sc1-c1cccc(C(F)(F)F)c1. The Kier molecular flexibility index (Phi) is 5.82. The summed E-state index contributed by atoms with van der Waals surface area (Å²) in [5, 5.41) is 1.00. The van der Waals surface area contributed by atoms with Gasteiger partial charge in [-0.25, -0.2) is 18.9 Å². The predicted molar refractivity (Wildman–Crippen MR) is 100 cm³/mol. The number of quaternary nitrogens is 1. The summed E-state index contributed by atoms with van der Waals surface area (Å²) in [7, 11) is 0. The van der Waals surface area contributed by atoms with Gasteiger partial charge in [0.15, 0.2) is 10.6 Å². The highest BCUT2D eigenvalue weighted by Gasteiger charge is 2.31. The van der Waals surface area contributed by atoms with Crippen LogP contribution in [0.5, 0.6) is 0 Å². The van der Waals surface area contributed by atoms with E-state index in [0.29, 0.717) is 0 Å². The molecular weight excluding hydrogens is 425 g/mol. The number of thiophene rings is 1. The number of benzene rings is 2. The Morgan fingerprint density at radius 1 is 1.00 bits per heavy atom. The molecule has 0 saturated carbocycles. The summed E-state index contributed by atoms with van der Waals surface area (Å²) in [6.45, 7) is 0. The van der Waals surface area contributed by atoms with E-state index in [1.807, 2.05) is 5.92 Å². The number of Topliss-reactive ketones (excluding diaryl/α,β-unsaturated/α-hetero) is 1. The molecular formula is C21H11F5NO2S+. The first-order valence-electron chi connectivity index (χ1n) is 8.27. The van der Waals surface area contributed by atoms with Crippen LogP contribution < -0.4 is 5.32 Å². The predicted octanol–water partition coefficient (Wildman–Crippen LogP) is 4.56. The van der Waals surface area contributed by atoms with Gasteiger partial charge in [0, 0.05) is 6.07 Å². The van der Waals surface area contributed by atoms with Crippen molar-refractivity contribution in [3.8, 4) is 22.8 Å². The molecule has 0 fully saturated rings.